The monoisotopic (exact) mass is 296 g/mol. The highest BCUT2D eigenvalue weighted by Crippen LogP contribution is 2.32. The molecule has 0 aromatic heterocycles. The van der Waals surface area contributed by atoms with E-state index in [4.69, 9.17) is 24.4 Å². The molecule has 0 radical (unpaired) electrons. The molecule has 0 amide bonds. The molecular formula is C18H16S2. The second kappa shape index (κ2) is 4.57. The first-order valence-electron chi connectivity index (χ1n) is 6.72. The summed E-state index contributed by atoms with van der Waals surface area (Å²) in [7, 11) is 0. The molecule has 0 saturated heterocycles. The van der Waals surface area contributed by atoms with Gasteiger partial charge in [0.05, 0.1) is 9.73 Å². The average molecular weight is 296 g/mol. The van der Waals surface area contributed by atoms with Crippen LogP contribution in [0.2, 0.25) is 0 Å². The number of benzene rings is 2. The molecule has 1 aliphatic carbocycles. The standard InChI is InChI=1S/C18H16S2/c1-18(2,3)11-8-9-14-15(10-11)17(20)13-7-5-4-6-12(13)16(14)19/h4-10H,1-3H3. The van der Waals surface area contributed by atoms with Crippen molar-refractivity contribution in [1.82, 2.24) is 0 Å². The summed E-state index contributed by atoms with van der Waals surface area (Å²) in [6.45, 7) is 6.65. The predicted octanol–water partition coefficient (Wildman–Crippen LogP) is 4.83. The van der Waals surface area contributed by atoms with E-state index in [0.29, 0.717) is 0 Å². The first kappa shape index (κ1) is 13.6. The molecule has 0 N–H and O–H groups in total. The Labute approximate surface area is 130 Å². The molecule has 0 nitrogen and oxygen atoms in total. The Bertz CT molecular complexity index is 733. The molecule has 0 bridgehead atoms. The quantitative estimate of drug-likeness (QED) is 0.545. The summed E-state index contributed by atoms with van der Waals surface area (Å²) in [5.74, 6) is 0. The maximum atomic E-state index is 5.69. The smallest absolute Gasteiger partial charge is 0.0535 e. The van der Waals surface area contributed by atoms with E-state index in [1.807, 2.05) is 12.1 Å². The molecule has 1 aliphatic rings. The van der Waals surface area contributed by atoms with Crippen molar-refractivity contribution >= 4 is 34.2 Å². The van der Waals surface area contributed by atoms with Crippen LogP contribution in [0.15, 0.2) is 42.5 Å². The van der Waals surface area contributed by atoms with Crippen molar-refractivity contribution in [3.63, 3.8) is 0 Å². The second-order valence-electron chi connectivity index (χ2n) is 6.21. The van der Waals surface area contributed by atoms with Gasteiger partial charge in [-0.3, -0.25) is 0 Å². The molecule has 0 spiro atoms. The van der Waals surface area contributed by atoms with Crippen LogP contribution >= 0.6 is 24.4 Å². The van der Waals surface area contributed by atoms with Crippen LogP contribution in [0.5, 0.6) is 0 Å². The summed E-state index contributed by atoms with van der Waals surface area (Å²) in [5, 5.41) is 0. The number of rotatable bonds is 0. The highest BCUT2D eigenvalue weighted by molar-refractivity contribution is 7.82. The molecule has 0 atom stereocenters. The van der Waals surface area contributed by atoms with Gasteiger partial charge in [0.1, 0.15) is 0 Å². The molecule has 0 aliphatic heterocycles. The topological polar surface area (TPSA) is 0 Å². The predicted molar refractivity (Wildman–Crippen MR) is 93.2 cm³/mol. The Kier molecular flexibility index (Phi) is 3.11. The molecule has 0 heterocycles. The Balaban J connectivity index is 2.24. The lowest BCUT2D eigenvalue weighted by Gasteiger charge is -2.25. The minimum atomic E-state index is 0.114. The first-order valence-corrected chi connectivity index (χ1v) is 7.54. The molecule has 0 fully saturated rings. The Morgan fingerprint density at radius 1 is 0.700 bits per heavy atom. The SMILES string of the molecule is CC(C)(C)c1ccc2c(c1)C(=S)c1ccccc1C2=S. The van der Waals surface area contributed by atoms with E-state index in [-0.39, 0.29) is 5.41 Å². The van der Waals surface area contributed by atoms with E-state index >= 15 is 0 Å². The molecule has 20 heavy (non-hydrogen) atoms. The zero-order chi connectivity index (χ0) is 14.5. The third-order valence-corrected chi connectivity index (χ3v) is 4.67. The van der Waals surface area contributed by atoms with Crippen molar-refractivity contribution in [2.24, 2.45) is 0 Å². The highest BCUT2D eigenvalue weighted by atomic mass is 32.1. The average Bonchev–Trinajstić information content (AvgIpc) is 2.43. The molecule has 2 heteroatoms. The fourth-order valence-electron chi connectivity index (χ4n) is 2.57. The van der Waals surface area contributed by atoms with E-state index in [1.54, 1.807) is 0 Å². The van der Waals surface area contributed by atoms with Gasteiger partial charge in [-0.05, 0) is 17.0 Å². The van der Waals surface area contributed by atoms with E-state index in [9.17, 15) is 0 Å². The molecule has 3 rings (SSSR count). The zero-order valence-corrected chi connectivity index (χ0v) is 13.5. The largest absolute Gasteiger partial charge is 0.0787 e. The van der Waals surface area contributed by atoms with Gasteiger partial charge in [-0.25, -0.2) is 0 Å². The summed E-state index contributed by atoms with van der Waals surface area (Å²) in [5.41, 5.74) is 5.78. The van der Waals surface area contributed by atoms with Gasteiger partial charge < -0.3 is 0 Å². The second-order valence-corrected chi connectivity index (χ2v) is 7.03. The molecule has 0 unspecified atom stereocenters. The van der Waals surface area contributed by atoms with Crippen LogP contribution in [-0.4, -0.2) is 9.73 Å². The van der Waals surface area contributed by atoms with Crippen LogP contribution < -0.4 is 0 Å². The molecule has 2 aromatic carbocycles. The Morgan fingerprint density at radius 2 is 1.20 bits per heavy atom. The molecule has 100 valence electrons. The summed E-state index contributed by atoms with van der Waals surface area (Å²) >= 11 is 11.3. The van der Waals surface area contributed by atoms with Crippen LogP contribution in [0.25, 0.3) is 0 Å². The van der Waals surface area contributed by atoms with Crippen molar-refractivity contribution in [2.45, 2.75) is 26.2 Å². The van der Waals surface area contributed by atoms with Crippen molar-refractivity contribution < 1.29 is 0 Å². The molecule has 0 saturated carbocycles. The van der Waals surface area contributed by atoms with Crippen LogP contribution in [-0.2, 0) is 5.41 Å². The fraction of sp³-hybridized carbons (Fsp3) is 0.222. The summed E-state index contributed by atoms with van der Waals surface area (Å²) in [6.07, 6.45) is 0. The van der Waals surface area contributed by atoms with Crippen molar-refractivity contribution in [3.05, 3.63) is 70.3 Å². The minimum absolute atomic E-state index is 0.114. The normalized spacial score (nSPS) is 13.9. The summed E-state index contributed by atoms with van der Waals surface area (Å²) in [6, 6.07) is 14.7. The fourth-order valence-corrected chi connectivity index (χ4v) is 3.27. The Hall–Kier alpha value is -1.38. The molecule has 2 aromatic rings. The van der Waals surface area contributed by atoms with Gasteiger partial charge >= 0.3 is 0 Å². The lowest BCUT2D eigenvalue weighted by Crippen LogP contribution is -2.21. The number of hydrogen-bond donors (Lipinski definition) is 0. The van der Waals surface area contributed by atoms with Crippen LogP contribution in [0.1, 0.15) is 48.6 Å². The van der Waals surface area contributed by atoms with Gasteiger partial charge in [0.15, 0.2) is 0 Å². The third kappa shape index (κ3) is 2.04. The van der Waals surface area contributed by atoms with Gasteiger partial charge in [0, 0.05) is 22.3 Å². The lowest BCUT2D eigenvalue weighted by molar-refractivity contribution is 0.590. The number of thiocarbonyl (C=S) groups is 2. The zero-order valence-electron chi connectivity index (χ0n) is 11.9. The summed E-state index contributed by atoms with van der Waals surface area (Å²) < 4.78 is 0. The van der Waals surface area contributed by atoms with E-state index in [2.05, 4.69) is 51.1 Å². The minimum Gasteiger partial charge on any atom is -0.0787 e. The lowest BCUT2D eigenvalue weighted by atomic mass is 9.80. The third-order valence-electron chi connectivity index (χ3n) is 3.79. The van der Waals surface area contributed by atoms with E-state index in [0.717, 1.165) is 32.0 Å². The maximum Gasteiger partial charge on any atom is 0.0535 e. The van der Waals surface area contributed by atoms with Crippen molar-refractivity contribution in [2.75, 3.05) is 0 Å². The van der Waals surface area contributed by atoms with E-state index < -0.39 is 0 Å². The van der Waals surface area contributed by atoms with Gasteiger partial charge in [-0.15, -0.1) is 0 Å². The number of hydrogen-bond acceptors (Lipinski definition) is 2. The van der Waals surface area contributed by atoms with Gasteiger partial charge in [0.25, 0.3) is 0 Å². The summed E-state index contributed by atoms with van der Waals surface area (Å²) in [4.78, 5) is 1.82. The van der Waals surface area contributed by atoms with Crippen molar-refractivity contribution in [1.29, 1.82) is 0 Å². The van der Waals surface area contributed by atoms with Crippen LogP contribution in [0, 0.1) is 0 Å². The van der Waals surface area contributed by atoms with Gasteiger partial charge in [-0.1, -0.05) is 81.6 Å². The van der Waals surface area contributed by atoms with E-state index in [1.165, 1.54) is 5.56 Å². The maximum absolute atomic E-state index is 5.69. The van der Waals surface area contributed by atoms with Crippen molar-refractivity contribution in [3.8, 4) is 0 Å². The Morgan fingerprint density at radius 3 is 1.75 bits per heavy atom. The highest BCUT2D eigenvalue weighted by Gasteiger charge is 2.25. The van der Waals surface area contributed by atoms with Crippen LogP contribution in [0.4, 0.5) is 0 Å². The van der Waals surface area contributed by atoms with Crippen LogP contribution in [0.3, 0.4) is 0 Å². The molecular weight excluding hydrogens is 280 g/mol. The first-order chi connectivity index (χ1) is 9.39. The number of fused-ring (bicyclic) bond motifs is 2. The van der Waals surface area contributed by atoms with Gasteiger partial charge in [0.2, 0.25) is 0 Å². The van der Waals surface area contributed by atoms with Gasteiger partial charge in [-0.2, -0.15) is 0 Å².